The fourth-order valence-corrected chi connectivity index (χ4v) is 2.55. The molecule has 0 heterocycles. The van der Waals surface area contributed by atoms with E-state index in [-0.39, 0.29) is 0 Å². The Labute approximate surface area is 128 Å². The predicted octanol–water partition coefficient (Wildman–Crippen LogP) is 7.17. The van der Waals surface area contributed by atoms with Crippen LogP contribution < -0.4 is 0 Å². The minimum atomic E-state index is 0.508. The molecule has 0 fully saturated rings. The third-order valence-electron chi connectivity index (χ3n) is 4.50. The molecule has 0 N–H and O–H groups in total. The van der Waals surface area contributed by atoms with Gasteiger partial charge in [0.2, 0.25) is 0 Å². The van der Waals surface area contributed by atoms with Gasteiger partial charge in [0.1, 0.15) is 0 Å². The number of hydrogen-bond acceptors (Lipinski definition) is 0. The van der Waals surface area contributed by atoms with Crippen molar-refractivity contribution < 1.29 is 0 Å². The van der Waals surface area contributed by atoms with E-state index in [2.05, 4.69) is 65.8 Å². The van der Waals surface area contributed by atoms with E-state index in [1.807, 2.05) is 0 Å². The molecule has 0 saturated heterocycles. The van der Waals surface area contributed by atoms with Crippen LogP contribution >= 0.6 is 0 Å². The third-order valence-corrected chi connectivity index (χ3v) is 4.50. The van der Waals surface area contributed by atoms with Gasteiger partial charge in [0.15, 0.2) is 0 Å². The minimum Gasteiger partial charge on any atom is -0.0885 e. The first kappa shape index (κ1) is 19.5. The maximum absolute atomic E-state index is 2.43. The molecular weight excluding hydrogens is 240 g/mol. The second kappa shape index (κ2) is 11.2. The van der Waals surface area contributed by atoms with Gasteiger partial charge in [0.25, 0.3) is 0 Å². The van der Waals surface area contributed by atoms with Gasteiger partial charge in [-0.25, -0.2) is 0 Å². The molecule has 2 unspecified atom stereocenters. The van der Waals surface area contributed by atoms with Crippen LogP contribution in [0.25, 0.3) is 0 Å². The van der Waals surface area contributed by atoms with Gasteiger partial charge in [-0.15, -0.1) is 0 Å². The standard InChI is InChI=1S/C20H38/c1-7-10-14-18(4)15-12-11-13-16-19(8-2)17-20(5,6)9-3/h10-11,13-14,18-19H,7-9,12,15-17H2,1-6H3. The van der Waals surface area contributed by atoms with Crippen molar-refractivity contribution in [2.24, 2.45) is 17.3 Å². The summed E-state index contributed by atoms with van der Waals surface area (Å²) in [4.78, 5) is 0. The zero-order valence-electron chi connectivity index (χ0n) is 14.9. The van der Waals surface area contributed by atoms with E-state index in [0.717, 1.165) is 18.3 Å². The van der Waals surface area contributed by atoms with E-state index in [4.69, 9.17) is 0 Å². The van der Waals surface area contributed by atoms with Gasteiger partial charge in [-0.05, 0) is 49.4 Å². The molecule has 118 valence electrons. The van der Waals surface area contributed by atoms with Gasteiger partial charge in [0, 0.05) is 0 Å². The Balaban J connectivity index is 3.94. The normalized spacial score (nSPS) is 16.1. The maximum Gasteiger partial charge on any atom is -0.0259 e. The Bertz CT molecular complexity index is 270. The van der Waals surface area contributed by atoms with Crippen molar-refractivity contribution in [2.75, 3.05) is 0 Å². The average Bonchev–Trinajstić information content (AvgIpc) is 2.43. The summed E-state index contributed by atoms with van der Waals surface area (Å²) in [5.74, 6) is 1.58. The lowest BCUT2D eigenvalue weighted by Crippen LogP contribution is -2.15. The molecule has 0 aliphatic rings. The molecule has 0 bridgehead atoms. The smallest absolute Gasteiger partial charge is 0.0259 e. The van der Waals surface area contributed by atoms with Crippen molar-refractivity contribution in [3.05, 3.63) is 24.3 Å². The van der Waals surface area contributed by atoms with Gasteiger partial charge >= 0.3 is 0 Å². The second-order valence-electron chi connectivity index (χ2n) is 7.09. The molecule has 2 atom stereocenters. The highest BCUT2D eigenvalue weighted by Gasteiger charge is 2.19. The lowest BCUT2D eigenvalue weighted by Gasteiger charge is -2.27. The summed E-state index contributed by atoms with van der Waals surface area (Å²) < 4.78 is 0. The maximum atomic E-state index is 2.43. The first-order valence-electron chi connectivity index (χ1n) is 8.76. The van der Waals surface area contributed by atoms with Crippen LogP contribution in [0.3, 0.4) is 0 Å². The van der Waals surface area contributed by atoms with Crippen LogP contribution in [0.15, 0.2) is 24.3 Å². The molecule has 0 amide bonds. The molecule has 0 nitrogen and oxygen atoms in total. The Kier molecular flexibility index (Phi) is 10.9. The summed E-state index contributed by atoms with van der Waals surface area (Å²) in [5, 5.41) is 0. The lowest BCUT2D eigenvalue weighted by molar-refractivity contribution is 0.253. The third kappa shape index (κ3) is 10.3. The van der Waals surface area contributed by atoms with Crippen molar-refractivity contribution in [3.8, 4) is 0 Å². The highest BCUT2D eigenvalue weighted by Crippen LogP contribution is 2.32. The average molecular weight is 279 g/mol. The van der Waals surface area contributed by atoms with E-state index in [1.54, 1.807) is 0 Å². The first-order valence-corrected chi connectivity index (χ1v) is 8.76. The van der Waals surface area contributed by atoms with Crippen LogP contribution in [0.5, 0.6) is 0 Å². The van der Waals surface area contributed by atoms with Crippen LogP contribution in [0.1, 0.15) is 86.5 Å². The molecule has 0 heteroatoms. The number of allylic oxidation sites excluding steroid dienone is 4. The fourth-order valence-electron chi connectivity index (χ4n) is 2.55. The van der Waals surface area contributed by atoms with E-state index in [0.29, 0.717) is 5.41 Å². The molecule has 0 aromatic carbocycles. The van der Waals surface area contributed by atoms with E-state index >= 15 is 0 Å². The predicted molar refractivity (Wildman–Crippen MR) is 94.1 cm³/mol. The summed E-state index contributed by atoms with van der Waals surface area (Å²) in [5.41, 5.74) is 0.508. The molecule has 0 spiro atoms. The van der Waals surface area contributed by atoms with Gasteiger partial charge in [-0.1, -0.05) is 78.7 Å². The molecule has 0 radical (unpaired) electrons. The topological polar surface area (TPSA) is 0 Å². The van der Waals surface area contributed by atoms with Gasteiger partial charge in [-0.2, -0.15) is 0 Å². The quantitative estimate of drug-likeness (QED) is 0.351. The fraction of sp³-hybridized carbons (Fsp3) is 0.800. The van der Waals surface area contributed by atoms with Crippen molar-refractivity contribution in [3.63, 3.8) is 0 Å². The van der Waals surface area contributed by atoms with Crippen LogP contribution in [0, 0.1) is 17.3 Å². The summed E-state index contributed by atoms with van der Waals surface area (Å²) in [6, 6.07) is 0. The Hall–Kier alpha value is -0.520. The van der Waals surface area contributed by atoms with E-state index in [9.17, 15) is 0 Å². The zero-order chi connectivity index (χ0) is 15.4. The molecule has 0 aromatic heterocycles. The van der Waals surface area contributed by atoms with Crippen molar-refractivity contribution in [1.29, 1.82) is 0 Å². The van der Waals surface area contributed by atoms with Gasteiger partial charge in [0.05, 0.1) is 0 Å². The molecule has 0 aliphatic heterocycles. The first-order chi connectivity index (χ1) is 9.45. The summed E-state index contributed by atoms with van der Waals surface area (Å²) >= 11 is 0. The zero-order valence-corrected chi connectivity index (χ0v) is 14.9. The van der Waals surface area contributed by atoms with Crippen LogP contribution in [0.4, 0.5) is 0 Å². The van der Waals surface area contributed by atoms with Crippen molar-refractivity contribution in [1.82, 2.24) is 0 Å². The number of hydrogen-bond donors (Lipinski definition) is 0. The Morgan fingerprint density at radius 3 is 2.25 bits per heavy atom. The SMILES string of the molecule is CCC=CC(C)CCC=CCC(CC)CC(C)(C)CC. The second-order valence-corrected chi connectivity index (χ2v) is 7.09. The Morgan fingerprint density at radius 1 is 1.00 bits per heavy atom. The van der Waals surface area contributed by atoms with Gasteiger partial charge in [-0.3, -0.25) is 0 Å². The molecule has 20 heavy (non-hydrogen) atoms. The minimum absolute atomic E-state index is 0.508. The monoisotopic (exact) mass is 278 g/mol. The largest absolute Gasteiger partial charge is 0.0885 e. The highest BCUT2D eigenvalue weighted by atomic mass is 14.2. The molecule has 0 rings (SSSR count). The summed E-state index contributed by atoms with van der Waals surface area (Å²) in [6.07, 6.45) is 18.4. The summed E-state index contributed by atoms with van der Waals surface area (Å²) in [7, 11) is 0. The molecule has 0 aromatic rings. The van der Waals surface area contributed by atoms with Crippen molar-refractivity contribution >= 4 is 0 Å². The summed E-state index contributed by atoms with van der Waals surface area (Å²) in [6.45, 7) is 14.0. The lowest BCUT2D eigenvalue weighted by atomic mass is 9.78. The molecular formula is C20H38. The molecule has 0 aliphatic carbocycles. The van der Waals surface area contributed by atoms with E-state index in [1.165, 1.54) is 38.5 Å². The number of rotatable bonds is 11. The Morgan fingerprint density at radius 2 is 1.70 bits per heavy atom. The van der Waals surface area contributed by atoms with Crippen LogP contribution in [-0.4, -0.2) is 0 Å². The van der Waals surface area contributed by atoms with Crippen molar-refractivity contribution in [2.45, 2.75) is 86.5 Å². The molecule has 0 saturated carbocycles. The highest BCUT2D eigenvalue weighted by molar-refractivity contribution is 4.89. The van der Waals surface area contributed by atoms with E-state index < -0.39 is 0 Å². The van der Waals surface area contributed by atoms with Crippen LogP contribution in [0.2, 0.25) is 0 Å². The van der Waals surface area contributed by atoms with Crippen LogP contribution in [-0.2, 0) is 0 Å². The van der Waals surface area contributed by atoms with Gasteiger partial charge < -0.3 is 0 Å².